The number of hydrogen-bond donors (Lipinski definition) is 1. The zero-order valence-electron chi connectivity index (χ0n) is 7.71. The van der Waals surface area contributed by atoms with Crippen molar-refractivity contribution >= 4 is 0 Å². The molecule has 1 aromatic rings. The normalized spacial score (nSPS) is 15.9. The molecule has 1 unspecified atom stereocenters. The Bertz CT molecular complexity index is 212. The molecule has 0 fully saturated rings. The lowest BCUT2D eigenvalue weighted by molar-refractivity contribution is 0.0232. The first kappa shape index (κ1) is 9.33. The van der Waals surface area contributed by atoms with Gasteiger partial charge in [0.2, 0.25) is 0 Å². The van der Waals surface area contributed by atoms with Crippen LogP contribution in [0.5, 0.6) is 0 Å². The molecule has 0 saturated heterocycles. The van der Waals surface area contributed by atoms with Crippen LogP contribution < -0.4 is 0 Å². The summed E-state index contributed by atoms with van der Waals surface area (Å²) in [5.41, 5.74) is -0.792. The van der Waals surface area contributed by atoms with Crippen molar-refractivity contribution in [3.63, 3.8) is 0 Å². The van der Waals surface area contributed by atoms with Gasteiger partial charge < -0.3 is 9.52 Å². The molecule has 12 heavy (non-hydrogen) atoms. The number of unbranched alkanes of at least 4 members (excludes halogenated alkanes) is 1. The third-order valence-corrected chi connectivity index (χ3v) is 2.07. The Balaban J connectivity index is 2.59. The van der Waals surface area contributed by atoms with Gasteiger partial charge in [-0.2, -0.15) is 0 Å². The minimum absolute atomic E-state index is 0.663. The van der Waals surface area contributed by atoms with Crippen molar-refractivity contribution in [2.75, 3.05) is 0 Å². The summed E-state index contributed by atoms with van der Waals surface area (Å²) in [6.45, 7) is 3.90. The molecule has 0 aliphatic rings. The van der Waals surface area contributed by atoms with Gasteiger partial charge in [-0.05, 0) is 25.5 Å². The van der Waals surface area contributed by atoms with Crippen LogP contribution >= 0.6 is 0 Å². The molecule has 0 radical (unpaired) electrons. The molecule has 2 heteroatoms. The molecule has 0 amide bonds. The Morgan fingerprint density at radius 2 is 2.33 bits per heavy atom. The van der Waals surface area contributed by atoms with Crippen LogP contribution in [0.3, 0.4) is 0 Å². The second kappa shape index (κ2) is 3.76. The summed E-state index contributed by atoms with van der Waals surface area (Å²) in [5.74, 6) is 0.663. The SMILES string of the molecule is CCCCC(C)(O)c1ccco1. The van der Waals surface area contributed by atoms with E-state index < -0.39 is 5.60 Å². The maximum absolute atomic E-state index is 9.91. The fraction of sp³-hybridized carbons (Fsp3) is 0.600. The van der Waals surface area contributed by atoms with Crippen molar-refractivity contribution in [3.8, 4) is 0 Å². The summed E-state index contributed by atoms with van der Waals surface area (Å²) in [4.78, 5) is 0. The van der Waals surface area contributed by atoms with Gasteiger partial charge in [-0.1, -0.05) is 19.8 Å². The molecule has 68 valence electrons. The molecule has 1 heterocycles. The zero-order chi connectivity index (χ0) is 9.03. The second-order valence-electron chi connectivity index (χ2n) is 3.35. The Morgan fingerprint density at radius 1 is 1.58 bits per heavy atom. The Labute approximate surface area is 73.2 Å². The van der Waals surface area contributed by atoms with Gasteiger partial charge in [0.15, 0.2) is 0 Å². The molecule has 0 bridgehead atoms. The van der Waals surface area contributed by atoms with Gasteiger partial charge in [-0.15, -0.1) is 0 Å². The van der Waals surface area contributed by atoms with Gasteiger partial charge in [0.1, 0.15) is 11.4 Å². The van der Waals surface area contributed by atoms with Crippen LogP contribution in [-0.2, 0) is 5.60 Å². The monoisotopic (exact) mass is 168 g/mol. The Kier molecular flexibility index (Phi) is 2.93. The van der Waals surface area contributed by atoms with E-state index in [0.29, 0.717) is 5.76 Å². The summed E-state index contributed by atoms with van der Waals surface area (Å²) in [5, 5.41) is 9.91. The molecule has 0 spiro atoms. The highest BCUT2D eigenvalue weighted by Gasteiger charge is 2.24. The molecule has 0 aliphatic carbocycles. The highest BCUT2D eigenvalue weighted by atomic mass is 16.4. The summed E-state index contributed by atoms with van der Waals surface area (Å²) in [6, 6.07) is 3.62. The fourth-order valence-corrected chi connectivity index (χ4v) is 1.23. The first-order chi connectivity index (χ1) is 5.67. The first-order valence-electron chi connectivity index (χ1n) is 4.43. The van der Waals surface area contributed by atoms with E-state index in [9.17, 15) is 5.11 Å². The minimum Gasteiger partial charge on any atom is -0.466 e. The van der Waals surface area contributed by atoms with E-state index in [1.54, 1.807) is 19.3 Å². The van der Waals surface area contributed by atoms with E-state index >= 15 is 0 Å². The van der Waals surface area contributed by atoms with E-state index in [-0.39, 0.29) is 0 Å². The number of rotatable bonds is 4. The predicted molar refractivity (Wildman–Crippen MR) is 47.8 cm³/mol. The van der Waals surface area contributed by atoms with E-state index in [1.165, 1.54) is 0 Å². The van der Waals surface area contributed by atoms with Crippen molar-refractivity contribution in [2.45, 2.75) is 38.7 Å². The topological polar surface area (TPSA) is 33.4 Å². The molecule has 1 N–H and O–H groups in total. The van der Waals surface area contributed by atoms with E-state index in [0.717, 1.165) is 19.3 Å². The van der Waals surface area contributed by atoms with Gasteiger partial charge >= 0.3 is 0 Å². The molecule has 0 aliphatic heterocycles. The molecule has 1 rings (SSSR count). The van der Waals surface area contributed by atoms with Crippen molar-refractivity contribution < 1.29 is 9.52 Å². The summed E-state index contributed by atoms with van der Waals surface area (Å²) in [7, 11) is 0. The van der Waals surface area contributed by atoms with Crippen molar-refractivity contribution in [1.29, 1.82) is 0 Å². The van der Waals surface area contributed by atoms with Crippen LogP contribution in [0.1, 0.15) is 38.9 Å². The molecule has 1 aromatic heterocycles. The summed E-state index contributed by atoms with van der Waals surface area (Å²) in [6.07, 6.45) is 4.47. The van der Waals surface area contributed by atoms with Crippen LogP contribution in [0.15, 0.2) is 22.8 Å². The maximum atomic E-state index is 9.91. The highest BCUT2D eigenvalue weighted by molar-refractivity contribution is 5.07. The fourth-order valence-electron chi connectivity index (χ4n) is 1.23. The molecular formula is C10H16O2. The highest BCUT2D eigenvalue weighted by Crippen LogP contribution is 2.26. The molecule has 0 saturated carbocycles. The molecule has 2 nitrogen and oxygen atoms in total. The molecule has 1 atom stereocenters. The Hall–Kier alpha value is -0.760. The number of furan rings is 1. The largest absolute Gasteiger partial charge is 0.466 e. The van der Waals surface area contributed by atoms with Crippen LogP contribution in [0, 0.1) is 0 Å². The zero-order valence-corrected chi connectivity index (χ0v) is 7.71. The summed E-state index contributed by atoms with van der Waals surface area (Å²) < 4.78 is 5.15. The third kappa shape index (κ3) is 2.11. The molecular weight excluding hydrogens is 152 g/mol. The lowest BCUT2D eigenvalue weighted by atomic mass is 9.96. The lowest BCUT2D eigenvalue weighted by Crippen LogP contribution is -2.19. The number of hydrogen-bond acceptors (Lipinski definition) is 2. The van der Waals surface area contributed by atoms with Crippen molar-refractivity contribution in [3.05, 3.63) is 24.2 Å². The smallest absolute Gasteiger partial charge is 0.135 e. The second-order valence-corrected chi connectivity index (χ2v) is 3.35. The average molecular weight is 168 g/mol. The number of aliphatic hydroxyl groups is 1. The van der Waals surface area contributed by atoms with Crippen LogP contribution in [0.2, 0.25) is 0 Å². The van der Waals surface area contributed by atoms with E-state index in [4.69, 9.17) is 4.42 Å². The quantitative estimate of drug-likeness (QED) is 0.749. The van der Waals surface area contributed by atoms with Gasteiger partial charge in [0, 0.05) is 0 Å². The predicted octanol–water partition coefficient (Wildman–Crippen LogP) is 2.68. The minimum atomic E-state index is -0.792. The van der Waals surface area contributed by atoms with Crippen LogP contribution in [0.4, 0.5) is 0 Å². The van der Waals surface area contributed by atoms with Gasteiger partial charge in [-0.25, -0.2) is 0 Å². The van der Waals surface area contributed by atoms with Gasteiger partial charge in [0.05, 0.1) is 6.26 Å². The van der Waals surface area contributed by atoms with Gasteiger partial charge in [-0.3, -0.25) is 0 Å². The van der Waals surface area contributed by atoms with E-state index in [1.807, 2.05) is 6.07 Å². The average Bonchev–Trinajstić information content (AvgIpc) is 2.53. The summed E-state index contributed by atoms with van der Waals surface area (Å²) >= 11 is 0. The molecule has 0 aromatic carbocycles. The van der Waals surface area contributed by atoms with Crippen LogP contribution in [-0.4, -0.2) is 5.11 Å². The standard InChI is InChI=1S/C10H16O2/c1-3-4-7-10(2,11)9-6-5-8-12-9/h5-6,8,11H,3-4,7H2,1-2H3. The van der Waals surface area contributed by atoms with Crippen LogP contribution in [0.25, 0.3) is 0 Å². The third-order valence-electron chi connectivity index (χ3n) is 2.07. The van der Waals surface area contributed by atoms with Gasteiger partial charge in [0.25, 0.3) is 0 Å². The Morgan fingerprint density at radius 3 is 2.83 bits per heavy atom. The lowest BCUT2D eigenvalue weighted by Gasteiger charge is -2.19. The van der Waals surface area contributed by atoms with Crippen molar-refractivity contribution in [2.24, 2.45) is 0 Å². The first-order valence-corrected chi connectivity index (χ1v) is 4.43. The van der Waals surface area contributed by atoms with E-state index in [2.05, 4.69) is 6.92 Å². The maximum Gasteiger partial charge on any atom is 0.135 e. The van der Waals surface area contributed by atoms with Crippen molar-refractivity contribution in [1.82, 2.24) is 0 Å².